The number of furan rings is 1. The summed E-state index contributed by atoms with van der Waals surface area (Å²) in [5.41, 5.74) is 0.958. The molecule has 0 radical (unpaired) electrons. The summed E-state index contributed by atoms with van der Waals surface area (Å²) in [5.74, 6) is -0.480. The van der Waals surface area contributed by atoms with Crippen LogP contribution in [0.5, 0.6) is 5.75 Å². The van der Waals surface area contributed by atoms with E-state index in [1.54, 1.807) is 31.2 Å². The number of fused-ring (bicyclic) bond motifs is 1. The SMILES string of the molecule is C[C@@H](NC(=O)c1ccco1)C(=O)Nc1ccc2c(c1)NC(=O)CO2. The van der Waals surface area contributed by atoms with Crippen LogP contribution in [0.1, 0.15) is 17.5 Å². The molecule has 1 aliphatic rings. The molecule has 0 unspecified atom stereocenters. The largest absolute Gasteiger partial charge is 0.482 e. The lowest BCUT2D eigenvalue weighted by Gasteiger charge is -2.19. The van der Waals surface area contributed by atoms with Crippen LogP contribution in [-0.4, -0.2) is 30.4 Å². The maximum absolute atomic E-state index is 12.2. The van der Waals surface area contributed by atoms with Crippen LogP contribution in [0.3, 0.4) is 0 Å². The standard InChI is InChI=1S/C16H15N3O5/c1-9(17-16(22)13-3-2-6-23-13)15(21)18-10-4-5-12-11(7-10)19-14(20)8-24-12/h2-7,9H,8H2,1H3,(H,17,22)(H,18,21)(H,19,20)/t9-/m1/s1. The molecule has 0 spiro atoms. The fraction of sp³-hybridized carbons (Fsp3) is 0.188. The van der Waals surface area contributed by atoms with Crippen molar-refractivity contribution < 1.29 is 23.5 Å². The molecule has 3 rings (SSSR count). The predicted molar refractivity (Wildman–Crippen MR) is 84.8 cm³/mol. The number of rotatable bonds is 4. The summed E-state index contributed by atoms with van der Waals surface area (Å²) < 4.78 is 10.2. The van der Waals surface area contributed by atoms with Crippen LogP contribution in [0.25, 0.3) is 0 Å². The maximum Gasteiger partial charge on any atom is 0.287 e. The van der Waals surface area contributed by atoms with Crippen LogP contribution in [0.15, 0.2) is 41.0 Å². The summed E-state index contributed by atoms with van der Waals surface area (Å²) >= 11 is 0. The van der Waals surface area contributed by atoms with Gasteiger partial charge in [0.2, 0.25) is 5.91 Å². The third kappa shape index (κ3) is 3.37. The Morgan fingerprint density at radius 1 is 1.29 bits per heavy atom. The first-order chi connectivity index (χ1) is 11.5. The summed E-state index contributed by atoms with van der Waals surface area (Å²) in [7, 11) is 0. The highest BCUT2D eigenvalue weighted by atomic mass is 16.5. The third-order valence-electron chi connectivity index (χ3n) is 3.37. The number of nitrogens with one attached hydrogen (secondary N) is 3. The van der Waals surface area contributed by atoms with Crippen molar-refractivity contribution in [1.82, 2.24) is 5.32 Å². The summed E-state index contributed by atoms with van der Waals surface area (Å²) in [6.07, 6.45) is 1.38. The Labute approximate surface area is 137 Å². The average Bonchev–Trinajstić information content (AvgIpc) is 3.09. The molecule has 124 valence electrons. The normalized spacial score (nSPS) is 14.0. The molecule has 1 aromatic heterocycles. The Morgan fingerprint density at radius 2 is 2.12 bits per heavy atom. The van der Waals surface area contributed by atoms with Crippen molar-refractivity contribution in [3.05, 3.63) is 42.4 Å². The van der Waals surface area contributed by atoms with Gasteiger partial charge in [0.05, 0.1) is 12.0 Å². The minimum atomic E-state index is -0.774. The average molecular weight is 329 g/mol. The third-order valence-corrected chi connectivity index (χ3v) is 3.37. The molecule has 1 atom stereocenters. The van der Waals surface area contributed by atoms with Crippen LogP contribution < -0.4 is 20.7 Å². The Kier molecular flexibility index (Phi) is 4.19. The number of amides is 3. The minimum absolute atomic E-state index is 0.0332. The van der Waals surface area contributed by atoms with E-state index in [1.807, 2.05) is 0 Å². The summed E-state index contributed by atoms with van der Waals surface area (Å²) in [6, 6.07) is 7.20. The smallest absolute Gasteiger partial charge is 0.287 e. The second kappa shape index (κ2) is 6.45. The number of hydrogen-bond acceptors (Lipinski definition) is 5. The molecule has 3 amide bonds. The van der Waals surface area contributed by atoms with E-state index in [2.05, 4.69) is 16.0 Å². The molecule has 0 saturated carbocycles. The van der Waals surface area contributed by atoms with E-state index < -0.39 is 17.9 Å². The predicted octanol–water partition coefficient (Wildman–Crippen LogP) is 1.37. The van der Waals surface area contributed by atoms with Crippen molar-refractivity contribution in [2.24, 2.45) is 0 Å². The van der Waals surface area contributed by atoms with Crippen molar-refractivity contribution in [1.29, 1.82) is 0 Å². The van der Waals surface area contributed by atoms with Gasteiger partial charge in [-0.3, -0.25) is 14.4 Å². The van der Waals surface area contributed by atoms with E-state index in [0.717, 1.165) is 0 Å². The van der Waals surface area contributed by atoms with Gasteiger partial charge in [-0.1, -0.05) is 0 Å². The molecule has 8 heteroatoms. The summed E-state index contributed by atoms with van der Waals surface area (Å²) in [4.78, 5) is 35.3. The fourth-order valence-corrected chi connectivity index (χ4v) is 2.15. The molecule has 8 nitrogen and oxygen atoms in total. The van der Waals surface area contributed by atoms with Crippen LogP contribution in [0.4, 0.5) is 11.4 Å². The van der Waals surface area contributed by atoms with E-state index in [4.69, 9.17) is 9.15 Å². The highest BCUT2D eigenvalue weighted by Gasteiger charge is 2.20. The molecule has 1 aliphatic heterocycles. The van der Waals surface area contributed by atoms with Gasteiger partial charge in [-0.15, -0.1) is 0 Å². The molecule has 2 aromatic rings. The Hall–Kier alpha value is -3.29. The lowest BCUT2D eigenvalue weighted by Crippen LogP contribution is -2.41. The highest BCUT2D eigenvalue weighted by Crippen LogP contribution is 2.30. The quantitative estimate of drug-likeness (QED) is 0.785. The van der Waals surface area contributed by atoms with Gasteiger partial charge in [0.15, 0.2) is 12.4 Å². The van der Waals surface area contributed by atoms with Crippen LogP contribution >= 0.6 is 0 Å². The monoisotopic (exact) mass is 329 g/mol. The van der Waals surface area contributed by atoms with Crippen LogP contribution in [0, 0.1) is 0 Å². The van der Waals surface area contributed by atoms with Crippen LogP contribution in [-0.2, 0) is 9.59 Å². The zero-order valence-corrected chi connectivity index (χ0v) is 12.8. The number of carbonyl (C=O) groups excluding carboxylic acids is 3. The first-order valence-corrected chi connectivity index (χ1v) is 7.25. The van der Waals surface area contributed by atoms with E-state index in [-0.39, 0.29) is 18.3 Å². The van der Waals surface area contributed by atoms with Crippen LogP contribution in [0.2, 0.25) is 0 Å². The van der Waals surface area contributed by atoms with Crippen molar-refractivity contribution in [3.8, 4) is 5.75 Å². The van der Waals surface area contributed by atoms with Gasteiger partial charge in [0, 0.05) is 5.69 Å². The van der Waals surface area contributed by atoms with E-state index in [1.165, 1.54) is 12.3 Å². The number of ether oxygens (including phenoxy) is 1. The highest BCUT2D eigenvalue weighted by molar-refractivity contribution is 6.01. The zero-order chi connectivity index (χ0) is 17.1. The maximum atomic E-state index is 12.2. The number of anilines is 2. The number of carbonyl (C=O) groups is 3. The molecule has 0 aliphatic carbocycles. The van der Waals surface area contributed by atoms with Crippen molar-refractivity contribution >= 4 is 29.1 Å². The summed E-state index contributed by atoms with van der Waals surface area (Å²) in [6.45, 7) is 1.52. The first kappa shape index (κ1) is 15.6. The molecular weight excluding hydrogens is 314 g/mol. The molecule has 24 heavy (non-hydrogen) atoms. The molecule has 1 aromatic carbocycles. The number of hydrogen-bond donors (Lipinski definition) is 3. The van der Waals surface area contributed by atoms with Crippen molar-refractivity contribution in [2.45, 2.75) is 13.0 Å². The topological polar surface area (TPSA) is 110 Å². The second-order valence-electron chi connectivity index (χ2n) is 5.21. The van der Waals surface area contributed by atoms with Gasteiger partial charge in [-0.25, -0.2) is 0 Å². The van der Waals surface area contributed by atoms with Crippen molar-refractivity contribution in [3.63, 3.8) is 0 Å². The van der Waals surface area contributed by atoms with Gasteiger partial charge in [-0.2, -0.15) is 0 Å². The second-order valence-corrected chi connectivity index (χ2v) is 5.21. The van der Waals surface area contributed by atoms with Crippen molar-refractivity contribution in [2.75, 3.05) is 17.2 Å². The van der Waals surface area contributed by atoms with E-state index in [0.29, 0.717) is 17.1 Å². The molecular formula is C16H15N3O5. The molecule has 3 N–H and O–H groups in total. The minimum Gasteiger partial charge on any atom is -0.482 e. The summed E-state index contributed by atoms with van der Waals surface area (Å²) in [5, 5.41) is 7.85. The lowest BCUT2D eigenvalue weighted by molar-refractivity contribution is -0.119. The Bertz CT molecular complexity index is 785. The molecule has 2 heterocycles. The fourth-order valence-electron chi connectivity index (χ4n) is 2.15. The van der Waals surface area contributed by atoms with Gasteiger partial charge in [-0.05, 0) is 37.3 Å². The Balaban J connectivity index is 1.63. The first-order valence-electron chi connectivity index (χ1n) is 7.25. The van der Waals surface area contributed by atoms with Gasteiger partial charge in [0.25, 0.3) is 11.8 Å². The van der Waals surface area contributed by atoms with Gasteiger partial charge >= 0.3 is 0 Å². The Morgan fingerprint density at radius 3 is 2.88 bits per heavy atom. The number of benzene rings is 1. The molecule has 0 fully saturated rings. The zero-order valence-electron chi connectivity index (χ0n) is 12.8. The lowest BCUT2D eigenvalue weighted by atomic mass is 10.2. The van der Waals surface area contributed by atoms with Gasteiger partial charge < -0.3 is 25.1 Å². The van der Waals surface area contributed by atoms with Gasteiger partial charge in [0.1, 0.15) is 11.8 Å². The van der Waals surface area contributed by atoms with E-state index in [9.17, 15) is 14.4 Å². The van der Waals surface area contributed by atoms with E-state index >= 15 is 0 Å². The molecule has 0 saturated heterocycles. The molecule has 0 bridgehead atoms.